The predicted octanol–water partition coefficient (Wildman–Crippen LogP) is 3.81. The molecule has 118 valence electrons. The number of carboxylic acids is 1. The number of benzene rings is 1. The van der Waals surface area contributed by atoms with Crippen molar-refractivity contribution >= 4 is 16.9 Å². The topological polar surface area (TPSA) is 53.7 Å². The molecule has 0 aliphatic carbocycles. The van der Waals surface area contributed by atoms with Crippen LogP contribution in [0.2, 0.25) is 0 Å². The van der Waals surface area contributed by atoms with E-state index in [4.69, 9.17) is 4.42 Å². The number of piperidine rings is 1. The quantitative estimate of drug-likeness (QED) is 0.937. The molecular formula is C17H20FNO3. The third kappa shape index (κ3) is 2.73. The van der Waals surface area contributed by atoms with E-state index in [2.05, 4.69) is 11.8 Å². The van der Waals surface area contributed by atoms with Gasteiger partial charge >= 0.3 is 5.97 Å². The minimum Gasteiger partial charge on any atom is -0.475 e. The van der Waals surface area contributed by atoms with Gasteiger partial charge in [-0.15, -0.1) is 0 Å². The molecule has 1 aliphatic rings. The van der Waals surface area contributed by atoms with Crippen LogP contribution in [0.25, 0.3) is 11.0 Å². The SMILES string of the molecule is Cc1c(C(=O)O)oc2c(CN3CCC(C)CC3)cc(F)cc12. The average Bonchev–Trinajstić information content (AvgIpc) is 2.79. The normalized spacial score (nSPS) is 17.2. The molecule has 1 fully saturated rings. The van der Waals surface area contributed by atoms with Crippen LogP contribution < -0.4 is 0 Å². The number of fused-ring (bicyclic) bond motifs is 1. The van der Waals surface area contributed by atoms with E-state index in [1.807, 2.05) is 0 Å². The third-order valence-corrected chi connectivity index (χ3v) is 4.54. The Morgan fingerprint density at radius 1 is 1.41 bits per heavy atom. The van der Waals surface area contributed by atoms with Crippen molar-refractivity contribution in [3.8, 4) is 0 Å². The van der Waals surface area contributed by atoms with Gasteiger partial charge in [0.15, 0.2) is 0 Å². The largest absolute Gasteiger partial charge is 0.475 e. The van der Waals surface area contributed by atoms with E-state index in [1.165, 1.54) is 12.1 Å². The summed E-state index contributed by atoms with van der Waals surface area (Å²) in [4.78, 5) is 13.5. The van der Waals surface area contributed by atoms with Gasteiger partial charge in [-0.3, -0.25) is 4.90 Å². The number of hydrogen-bond acceptors (Lipinski definition) is 3. The van der Waals surface area contributed by atoms with Crippen molar-refractivity contribution in [1.82, 2.24) is 4.90 Å². The lowest BCUT2D eigenvalue weighted by Gasteiger charge is -2.30. The Bertz CT molecular complexity index is 714. The zero-order valence-electron chi connectivity index (χ0n) is 12.9. The van der Waals surface area contributed by atoms with E-state index in [9.17, 15) is 14.3 Å². The van der Waals surface area contributed by atoms with E-state index in [0.717, 1.165) is 37.4 Å². The highest BCUT2D eigenvalue weighted by Gasteiger charge is 2.22. The van der Waals surface area contributed by atoms with Gasteiger partial charge in [-0.2, -0.15) is 0 Å². The summed E-state index contributed by atoms with van der Waals surface area (Å²) in [6.07, 6.45) is 2.27. The van der Waals surface area contributed by atoms with Crippen molar-refractivity contribution in [3.63, 3.8) is 0 Å². The Balaban J connectivity index is 1.98. The molecule has 0 atom stereocenters. The first-order valence-electron chi connectivity index (χ1n) is 7.63. The molecule has 1 aromatic heterocycles. The Morgan fingerprint density at radius 2 is 2.09 bits per heavy atom. The maximum atomic E-state index is 13.9. The van der Waals surface area contributed by atoms with Crippen molar-refractivity contribution in [3.05, 3.63) is 34.8 Å². The second-order valence-electron chi connectivity index (χ2n) is 6.26. The van der Waals surface area contributed by atoms with Crippen molar-refractivity contribution in [2.45, 2.75) is 33.2 Å². The van der Waals surface area contributed by atoms with Gasteiger partial charge in [-0.25, -0.2) is 9.18 Å². The second-order valence-corrected chi connectivity index (χ2v) is 6.26. The van der Waals surface area contributed by atoms with Gasteiger partial charge < -0.3 is 9.52 Å². The Hall–Kier alpha value is -1.88. The number of carbonyl (C=O) groups is 1. The molecular weight excluding hydrogens is 285 g/mol. The molecule has 1 N–H and O–H groups in total. The highest BCUT2D eigenvalue weighted by atomic mass is 19.1. The van der Waals surface area contributed by atoms with E-state index < -0.39 is 5.97 Å². The Labute approximate surface area is 128 Å². The molecule has 1 saturated heterocycles. The number of hydrogen-bond donors (Lipinski definition) is 1. The van der Waals surface area contributed by atoms with Gasteiger partial charge in [0.05, 0.1) is 0 Å². The summed E-state index contributed by atoms with van der Waals surface area (Å²) in [5.74, 6) is -0.845. The van der Waals surface area contributed by atoms with Gasteiger partial charge in [-0.1, -0.05) is 6.92 Å². The van der Waals surface area contributed by atoms with E-state index in [1.54, 1.807) is 6.92 Å². The van der Waals surface area contributed by atoms with Gasteiger partial charge in [0.25, 0.3) is 0 Å². The maximum Gasteiger partial charge on any atom is 0.372 e. The first-order valence-corrected chi connectivity index (χ1v) is 7.63. The molecule has 2 aromatic rings. The lowest BCUT2D eigenvalue weighted by molar-refractivity contribution is 0.0663. The zero-order valence-corrected chi connectivity index (χ0v) is 12.9. The van der Waals surface area contributed by atoms with Crippen LogP contribution >= 0.6 is 0 Å². The fraction of sp³-hybridized carbons (Fsp3) is 0.471. The van der Waals surface area contributed by atoms with Crippen molar-refractivity contribution in [2.24, 2.45) is 5.92 Å². The van der Waals surface area contributed by atoms with E-state index in [-0.39, 0.29) is 11.6 Å². The lowest BCUT2D eigenvalue weighted by Crippen LogP contribution is -2.32. The van der Waals surface area contributed by atoms with Gasteiger partial charge in [-0.05, 0) is 50.9 Å². The molecule has 2 heterocycles. The van der Waals surface area contributed by atoms with Crippen LogP contribution in [-0.2, 0) is 6.54 Å². The fourth-order valence-corrected chi connectivity index (χ4v) is 3.13. The smallest absolute Gasteiger partial charge is 0.372 e. The first-order chi connectivity index (χ1) is 10.5. The van der Waals surface area contributed by atoms with E-state index >= 15 is 0 Å². The molecule has 0 radical (unpaired) electrons. The molecule has 1 aliphatic heterocycles. The molecule has 22 heavy (non-hydrogen) atoms. The van der Waals surface area contributed by atoms with Gasteiger partial charge in [0.2, 0.25) is 5.76 Å². The Kier molecular flexibility index (Phi) is 3.91. The highest BCUT2D eigenvalue weighted by molar-refractivity contribution is 5.95. The van der Waals surface area contributed by atoms with Crippen molar-refractivity contribution < 1.29 is 18.7 Å². The van der Waals surface area contributed by atoms with Crippen molar-refractivity contribution in [2.75, 3.05) is 13.1 Å². The molecule has 3 rings (SSSR count). The van der Waals surface area contributed by atoms with Crippen molar-refractivity contribution in [1.29, 1.82) is 0 Å². The number of likely N-dealkylation sites (tertiary alicyclic amines) is 1. The minimum atomic E-state index is -1.12. The number of aryl methyl sites for hydroxylation is 1. The van der Waals surface area contributed by atoms with Crippen LogP contribution in [0.15, 0.2) is 16.5 Å². The van der Waals surface area contributed by atoms with E-state index in [0.29, 0.717) is 23.1 Å². The van der Waals surface area contributed by atoms with Crippen LogP contribution in [0, 0.1) is 18.7 Å². The predicted molar refractivity (Wildman–Crippen MR) is 81.5 cm³/mol. The molecule has 0 unspecified atom stereocenters. The lowest BCUT2D eigenvalue weighted by atomic mass is 9.98. The zero-order chi connectivity index (χ0) is 15.9. The summed E-state index contributed by atoms with van der Waals surface area (Å²) in [6.45, 7) is 6.44. The van der Waals surface area contributed by atoms with Crippen LogP contribution in [0.1, 0.15) is 41.4 Å². The number of carboxylic acid groups (broad SMARTS) is 1. The van der Waals surface area contributed by atoms with Crippen LogP contribution in [-0.4, -0.2) is 29.1 Å². The average molecular weight is 305 g/mol. The van der Waals surface area contributed by atoms with Gasteiger partial charge in [0.1, 0.15) is 11.4 Å². The molecule has 4 nitrogen and oxygen atoms in total. The summed E-state index contributed by atoms with van der Waals surface area (Å²) in [7, 11) is 0. The number of halogens is 1. The standard InChI is InChI=1S/C17H20FNO3/c1-10-3-5-19(6-4-10)9-12-7-13(18)8-14-11(2)15(17(20)21)22-16(12)14/h7-8,10H,3-6,9H2,1-2H3,(H,20,21). The summed E-state index contributed by atoms with van der Waals surface area (Å²) >= 11 is 0. The number of nitrogens with zero attached hydrogens (tertiary/aromatic N) is 1. The molecule has 5 heteroatoms. The molecule has 0 saturated carbocycles. The second kappa shape index (κ2) is 5.72. The third-order valence-electron chi connectivity index (χ3n) is 4.54. The maximum absolute atomic E-state index is 13.9. The summed E-state index contributed by atoms with van der Waals surface area (Å²) in [5.41, 5.74) is 1.70. The summed E-state index contributed by atoms with van der Waals surface area (Å²) < 4.78 is 19.4. The summed E-state index contributed by atoms with van der Waals surface area (Å²) in [5, 5.41) is 9.73. The first kappa shape index (κ1) is 15.0. The number of aromatic carboxylic acids is 1. The molecule has 0 spiro atoms. The van der Waals surface area contributed by atoms with Gasteiger partial charge in [0, 0.05) is 23.1 Å². The highest BCUT2D eigenvalue weighted by Crippen LogP contribution is 2.30. The van der Waals surface area contributed by atoms with Crippen LogP contribution in [0.5, 0.6) is 0 Å². The van der Waals surface area contributed by atoms with Crippen LogP contribution in [0.4, 0.5) is 4.39 Å². The molecule has 0 amide bonds. The summed E-state index contributed by atoms with van der Waals surface area (Å²) in [6, 6.07) is 2.80. The van der Waals surface area contributed by atoms with Crippen LogP contribution in [0.3, 0.4) is 0 Å². The fourth-order valence-electron chi connectivity index (χ4n) is 3.13. The number of rotatable bonds is 3. The molecule has 0 bridgehead atoms. The Morgan fingerprint density at radius 3 is 2.73 bits per heavy atom. The number of furan rings is 1. The molecule has 1 aromatic carbocycles. The minimum absolute atomic E-state index is 0.103. The monoisotopic (exact) mass is 305 g/mol.